The van der Waals surface area contributed by atoms with Gasteiger partial charge in [0.1, 0.15) is 21.8 Å². The van der Waals surface area contributed by atoms with Crippen LogP contribution >= 0.6 is 24.0 Å². The van der Waals surface area contributed by atoms with Crippen molar-refractivity contribution in [1.82, 2.24) is 14.4 Å². The maximum absolute atomic E-state index is 13.3. The summed E-state index contributed by atoms with van der Waals surface area (Å²) in [6.07, 6.45) is 3.63. The minimum absolute atomic E-state index is 0.104. The molecule has 0 atom stereocenters. The number of rotatable bonds is 7. The van der Waals surface area contributed by atoms with Gasteiger partial charge in [0, 0.05) is 44.8 Å². The Labute approximate surface area is 206 Å². The number of amides is 1. The predicted molar refractivity (Wildman–Crippen MR) is 139 cm³/mol. The number of nitriles is 1. The SMILES string of the molecule is CCCCn1c(N2CCN(C)CC2)c(/C=C2/SC(=S)N(CC(C)C)C2=O)c(C)c(C#N)c1=O. The van der Waals surface area contributed by atoms with Gasteiger partial charge in [0.25, 0.3) is 11.5 Å². The van der Waals surface area contributed by atoms with Crippen LogP contribution in [0.2, 0.25) is 0 Å². The summed E-state index contributed by atoms with van der Waals surface area (Å²) < 4.78 is 2.31. The summed E-state index contributed by atoms with van der Waals surface area (Å²) in [5.74, 6) is 1.01. The number of aromatic nitrogens is 1. The van der Waals surface area contributed by atoms with Crippen LogP contribution in [-0.4, -0.2) is 64.4 Å². The number of unbranched alkanes of at least 4 members (excludes halogenated alkanes) is 1. The number of hydrogen-bond donors (Lipinski definition) is 0. The molecule has 0 aliphatic carbocycles. The summed E-state index contributed by atoms with van der Waals surface area (Å²) in [6.45, 7) is 12.5. The average molecular weight is 488 g/mol. The fourth-order valence-electron chi connectivity index (χ4n) is 4.18. The van der Waals surface area contributed by atoms with Crippen molar-refractivity contribution in [3.63, 3.8) is 0 Å². The zero-order valence-electron chi connectivity index (χ0n) is 20.2. The van der Waals surface area contributed by atoms with E-state index in [1.807, 2.05) is 13.0 Å². The van der Waals surface area contributed by atoms with Crippen LogP contribution in [-0.2, 0) is 11.3 Å². The van der Waals surface area contributed by atoms with E-state index in [-0.39, 0.29) is 17.0 Å². The standard InChI is InChI=1S/C24H33N5O2S2/c1-6-7-8-28-21(27-11-9-26(5)10-12-27)18(17(4)19(14-25)22(28)30)13-20-23(31)29(15-16(2)3)24(32)33-20/h13,16H,6-12,15H2,1-5H3/b20-13+. The highest BCUT2D eigenvalue weighted by molar-refractivity contribution is 8.26. The van der Waals surface area contributed by atoms with Gasteiger partial charge in [-0.2, -0.15) is 5.26 Å². The van der Waals surface area contributed by atoms with E-state index in [2.05, 4.69) is 43.7 Å². The molecule has 0 spiro atoms. The van der Waals surface area contributed by atoms with Crippen LogP contribution < -0.4 is 10.5 Å². The number of carbonyl (C=O) groups excluding carboxylic acids is 1. The minimum atomic E-state index is -0.248. The summed E-state index contributed by atoms with van der Waals surface area (Å²) >= 11 is 6.79. The van der Waals surface area contributed by atoms with Gasteiger partial charge >= 0.3 is 0 Å². The number of likely N-dealkylation sites (N-methyl/N-ethyl adjacent to an activating group) is 1. The van der Waals surface area contributed by atoms with E-state index in [1.165, 1.54) is 11.8 Å². The average Bonchev–Trinajstić information content (AvgIpc) is 3.03. The Morgan fingerprint density at radius 1 is 1.21 bits per heavy atom. The molecule has 178 valence electrons. The maximum atomic E-state index is 13.3. The normalized spacial score (nSPS) is 18.6. The predicted octanol–water partition coefficient (Wildman–Crippen LogP) is 3.44. The molecule has 33 heavy (non-hydrogen) atoms. The summed E-state index contributed by atoms with van der Waals surface area (Å²) in [7, 11) is 2.09. The second-order valence-electron chi connectivity index (χ2n) is 9.14. The number of anilines is 1. The van der Waals surface area contributed by atoms with Gasteiger partial charge in [-0.3, -0.25) is 19.1 Å². The number of hydrogen-bond acceptors (Lipinski definition) is 7. The molecule has 2 fully saturated rings. The van der Waals surface area contributed by atoms with Crippen LogP contribution in [0.15, 0.2) is 9.70 Å². The lowest BCUT2D eigenvalue weighted by Crippen LogP contribution is -2.47. The third-order valence-electron chi connectivity index (χ3n) is 6.08. The quantitative estimate of drug-likeness (QED) is 0.431. The Bertz CT molecular complexity index is 1060. The zero-order chi connectivity index (χ0) is 24.3. The topological polar surface area (TPSA) is 72.6 Å². The molecule has 0 saturated carbocycles. The summed E-state index contributed by atoms with van der Waals surface area (Å²) in [5.41, 5.74) is 1.30. The van der Waals surface area contributed by atoms with Crippen molar-refractivity contribution in [3.8, 4) is 6.07 Å². The largest absolute Gasteiger partial charge is 0.355 e. The molecule has 1 aromatic rings. The Kier molecular flexibility index (Phi) is 8.38. The molecular formula is C24H33N5O2S2. The smallest absolute Gasteiger partial charge is 0.270 e. The first-order valence-corrected chi connectivity index (χ1v) is 12.8. The van der Waals surface area contributed by atoms with Gasteiger partial charge in [0.2, 0.25) is 0 Å². The van der Waals surface area contributed by atoms with Crippen LogP contribution in [0.25, 0.3) is 6.08 Å². The Morgan fingerprint density at radius 3 is 2.45 bits per heavy atom. The first-order chi connectivity index (χ1) is 15.7. The van der Waals surface area contributed by atoms with Gasteiger partial charge in [0.15, 0.2) is 0 Å². The summed E-state index contributed by atoms with van der Waals surface area (Å²) in [6, 6.07) is 2.12. The number of nitrogens with zero attached hydrogens (tertiary/aromatic N) is 5. The molecule has 0 N–H and O–H groups in total. The molecule has 1 amide bonds. The van der Waals surface area contributed by atoms with Crippen LogP contribution in [0.4, 0.5) is 5.82 Å². The van der Waals surface area contributed by atoms with Gasteiger partial charge in [0.05, 0.1) is 4.91 Å². The maximum Gasteiger partial charge on any atom is 0.270 e. The van der Waals surface area contributed by atoms with Crippen LogP contribution in [0.3, 0.4) is 0 Å². The first-order valence-electron chi connectivity index (χ1n) is 11.6. The van der Waals surface area contributed by atoms with Gasteiger partial charge in [-0.15, -0.1) is 0 Å². The van der Waals surface area contributed by atoms with E-state index in [0.29, 0.717) is 33.8 Å². The molecule has 0 bridgehead atoms. The van der Waals surface area contributed by atoms with Crippen LogP contribution in [0.1, 0.15) is 50.3 Å². The lowest BCUT2D eigenvalue weighted by Gasteiger charge is -2.36. The van der Waals surface area contributed by atoms with E-state index in [9.17, 15) is 14.9 Å². The molecule has 0 radical (unpaired) electrons. The molecule has 2 saturated heterocycles. The van der Waals surface area contributed by atoms with Crippen molar-refractivity contribution in [2.24, 2.45) is 5.92 Å². The number of thiocarbonyl (C=S) groups is 1. The highest BCUT2D eigenvalue weighted by atomic mass is 32.2. The minimum Gasteiger partial charge on any atom is -0.355 e. The molecule has 9 heteroatoms. The lowest BCUT2D eigenvalue weighted by molar-refractivity contribution is -0.122. The highest BCUT2D eigenvalue weighted by Crippen LogP contribution is 2.36. The van der Waals surface area contributed by atoms with E-state index in [0.717, 1.165) is 50.4 Å². The third kappa shape index (κ3) is 5.34. The second-order valence-corrected chi connectivity index (χ2v) is 10.8. The van der Waals surface area contributed by atoms with Gasteiger partial charge < -0.3 is 9.80 Å². The molecule has 7 nitrogen and oxygen atoms in total. The van der Waals surface area contributed by atoms with Crippen LogP contribution in [0, 0.1) is 24.2 Å². The number of pyridine rings is 1. The number of thioether (sulfide) groups is 1. The highest BCUT2D eigenvalue weighted by Gasteiger charge is 2.33. The number of piperazine rings is 1. The van der Waals surface area contributed by atoms with E-state index >= 15 is 0 Å². The van der Waals surface area contributed by atoms with Gasteiger partial charge in [-0.05, 0) is 37.9 Å². The van der Waals surface area contributed by atoms with Crippen molar-refractivity contribution < 1.29 is 4.79 Å². The molecule has 2 aliphatic heterocycles. The molecular weight excluding hydrogens is 454 g/mol. The third-order valence-corrected chi connectivity index (χ3v) is 7.46. The zero-order valence-corrected chi connectivity index (χ0v) is 21.8. The molecule has 1 aromatic heterocycles. The van der Waals surface area contributed by atoms with Crippen molar-refractivity contribution >= 4 is 46.1 Å². The van der Waals surface area contributed by atoms with Crippen molar-refractivity contribution in [1.29, 1.82) is 5.26 Å². The molecule has 3 rings (SSSR count). The molecule has 2 aliphatic rings. The molecule has 0 aromatic carbocycles. The second kappa shape index (κ2) is 10.9. The van der Waals surface area contributed by atoms with Gasteiger partial charge in [-0.25, -0.2) is 0 Å². The molecule has 3 heterocycles. The monoisotopic (exact) mass is 487 g/mol. The first kappa shape index (κ1) is 25.5. The van der Waals surface area contributed by atoms with Crippen molar-refractivity contribution in [2.45, 2.75) is 47.1 Å². The fourth-order valence-corrected chi connectivity index (χ4v) is 5.44. The Morgan fingerprint density at radius 2 is 1.88 bits per heavy atom. The fraction of sp³-hybridized carbons (Fsp3) is 0.583. The van der Waals surface area contributed by atoms with Crippen molar-refractivity contribution in [3.05, 3.63) is 31.9 Å². The summed E-state index contributed by atoms with van der Waals surface area (Å²) in [4.78, 5) is 33.2. The van der Waals surface area contributed by atoms with E-state index in [4.69, 9.17) is 12.2 Å². The van der Waals surface area contributed by atoms with E-state index < -0.39 is 0 Å². The van der Waals surface area contributed by atoms with Crippen LogP contribution in [0.5, 0.6) is 0 Å². The Hall–Kier alpha value is -2.15. The van der Waals surface area contributed by atoms with Gasteiger partial charge in [-0.1, -0.05) is 51.2 Å². The van der Waals surface area contributed by atoms with Crippen molar-refractivity contribution in [2.75, 3.05) is 44.7 Å². The van der Waals surface area contributed by atoms with E-state index in [1.54, 1.807) is 9.47 Å². The summed E-state index contributed by atoms with van der Waals surface area (Å²) in [5, 5.41) is 9.80. The lowest BCUT2D eigenvalue weighted by atomic mass is 10.0. The number of carbonyl (C=O) groups is 1. The molecule has 0 unspecified atom stereocenters. The Balaban J connectivity index is 2.20.